The number of hydrogen-bond acceptors (Lipinski definition) is 2. The Morgan fingerprint density at radius 2 is 2.10 bits per heavy atom. The third-order valence-electron chi connectivity index (χ3n) is 4.06. The van der Waals surface area contributed by atoms with Crippen LogP contribution in [0.2, 0.25) is 0 Å². The van der Waals surface area contributed by atoms with E-state index in [-0.39, 0.29) is 11.7 Å². The number of benzene rings is 1. The maximum absolute atomic E-state index is 6.06. The first kappa shape index (κ1) is 16.0. The van der Waals surface area contributed by atoms with Crippen molar-refractivity contribution in [1.82, 2.24) is 0 Å². The molecule has 0 saturated carbocycles. The van der Waals surface area contributed by atoms with E-state index in [1.807, 2.05) is 0 Å². The zero-order valence-electron chi connectivity index (χ0n) is 12.3. The lowest BCUT2D eigenvalue weighted by molar-refractivity contribution is -0.171. The van der Waals surface area contributed by atoms with Crippen molar-refractivity contribution in [1.29, 1.82) is 0 Å². The first-order chi connectivity index (χ1) is 9.74. The van der Waals surface area contributed by atoms with Crippen LogP contribution >= 0.6 is 15.9 Å². The van der Waals surface area contributed by atoms with Crippen molar-refractivity contribution in [2.45, 2.75) is 50.7 Å². The molecule has 2 rings (SSSR count). The van der Waals surface area contributed by atoms with Crippen LogP contribution in [-0.2, 0) is 14.9 Å². The van der Waals surface area contributed by atoms with E-state index in [9.17, 15) is 0 Å². The quantitative estimate of drug-likeness (QED) is 0.672. The van der Waals surface area contributed by atoms with Gasteiger partial charge in [-0.3, -0.25) is 0 Å². The van der Waals surface area contributed by atoms with Crippen molar-refractivity contribution in [3.63, 3.8) is 0 Å². The molecule has 0 aliphatic carbocycles. The molecule has 2 nitrogen and oxygen atoms in total. The highest BCUT2D eigenvalue weighted by atomic mass is 79.9. The molecule has 1 heterocycles. The van der Waals surface area contributed by atoms with Gasteiger partial charge in [0.1, 0.15) is 0 Å². The minimum absolute atomic E-state index is 0.00393. The first-order valence-corrected chi connectivity index (χ1v) is 8.71. The molecule has 1 saturated heterocycles. The third-order valence-corrected chi connectivity index (χ3v) is 4.62. The van der Waals surface area contributed by atoms with Crippen LogP contribution in [-0.4, -0.2) is 24.8 Å². The van der Waals surface area contributed by atoms with Crippen molar-refractivity contribution in [3.05, 3.63) is 35.9 Å². The second-order valence-electron chi connectivity index (χ2n) is 5.83. The fourth-order valence-electron chi connectivity index (χ4n) is 2.72. The van der Waals surface area contributed by atoms with E-state index in [0.29, 0.717) is 0 Å². The lowest BCUT2D eigenvalue weighted by Crippen LogP contribution is -2.33. The zero-order valence-corrected chi connectivity index (χ0v) is 13.9. The number of halogens is 1. The van der Waals surface area contributed by atoms with Gasteiger partial charge < -0.3 is 9.47 Å². The van der Waals surface area contributed by atoms with Crippen LogP contribution in [0.25, 0.3) is 0 Å². The second kappa shape index (κ2) is 8.16. The van der Waals surface area contributed by atoms with E-state index in [2.05, 4.69) is 53.2 Å². The zero-order chi connectivity index (χ0) is 14.3. The summed E-state index contributed by atoms with van der Waals surface area (Å²) in [6.07, 6.45) is 5.68. The number of hydrogen-bond donors (Lipinski definition) is 0. The summed E-state index contributed by atoms with van der Waals surface area (Å²) in [6.45, 7) is 3.87. The van der Waals surface area contributed by atoms with Crippen molar-refractivity contribution >= 4 is 15.9 Å². The van der Waals surface area contributed by atoms with Gasteiger partial charge in [-0.1, -0.05) is 53.2 Å². The van der Waals surface area contributed by atoms with Crippen molar-refractivity contribution in [2.75, 3.05) is 18.5 Å². The monoisotopic (exact) mass is 340 g/mol. The first-order valence-electron chi connectivity index (χ1n) is 7.59. The Hall–Kier alpha value is -0.380. The van der Waals surface area contributed by atoms with E-state index in [0.717, 1.165) is 37.8 Å². The lowest BCUT2D eigenvalue weighted by atomic mass is 9.79. The summed E-state index contributed by atoms with van der Waals surface area (Å²) < 4.78 is 11.7. The SMILES string of the molecule is CC(CCCBr)(COC1CCCCO1)c1ccccc1. The molecule has 20 heavy (non-hydrogen) atoms. The van der Waals surface area contributed by atoms with Gasteiger partial charge in [0.15, 0.2) is 6.29 Å². The molecule has 1 aromatic carbocycles. The van der Waals surface area contributed by atoms with E-state index in [1.165, 1.54) is 18.4 Å². The smallest absolute Gasteiger partial charge is 0.157 e. The van der Waals surface area contributed by atoms with Crippen LogP contribution in [0.5, 0.6) is 0 Å². The molecule has 1 aromatic rings. The number of ether oxygens (including phenoxy) is 2. The van der Waals surface area contributed by atoms with E-state index >= 15 is 0 Å². The highest BCUT2D eigenvalue weighted by Gasteiger charge is 2.28. The molecule has 0 N–H and O–H groups in total. The molecule has 3 heteroatoms. The average Bonchev–Trinajstić information content (AvgIpc) is 2.53. The minimum atomic E-state index is -0.00393. The van der Waals surface area contributed by atoms with Gasteiger partial charge in [0, 0.05) is 17.4 Å². The summed E-state index contributed by atoms with van der Waals surface area (Å²) in [5, 5.41) is 1.04. The minimum Gasteiger partial charge on any atom is -0.353 e. The Balaban J connectivity index is 1.98. The van der Waals surface area contributed by atoms with E-state index in [1.54, 1.807) is 0 Å². The maximum atomic E-state index is 6.06. The molecule has 0 bridgehead atoms. The predicted molar refractivity (Wildman–Crippen MR) is 86.4 cm³/mol. The molecule has 0 spiro atoms. The highest BCUT2D eigenvalue weighted by Crippen LogP contribution is 2.31. The molecule has 0 radical (unpaired) electrons. The largest absolute Gasteiger partial charge is 0.353 e. The van der Waals surface area contributed by atoms with Crippen LogP contribution in [0.15, 0.2) is 30.3 Å². The standard InChI is InChI=1S/C17H25BrO2/c1-17(11-7-12-18,15-8-3-2-4-9-15)14-20-16-10-5-6-13-19-16/h2-4,8-9,16H,5-7,10-14H2,1H3. The molecule has 112 valence electrons. The Kier molecular flexibility index (Phi) is 6.53. The molecular weight excluding hydrogens is 316 g/mol. The average molecular weight is 341 g/mol. The van der Waals surface area contributed by atoms with E-state index < -0.39 is 0 Å². The van der Waals surface area contributed by atoms with Crippen molar-refractivity contribution in [3.8, 4) is 0 Å². The van der Waals surface area contributed by atoms with Gasteiger partial charge in [-0.15, -0.1) is 0 Å². The number of alkyl halides is 1. The lowest BCUT2D eigenvalue weighted by Gasteiger charge is -2.33. The summed E-state index contributed by atoms with van der Waals surface area (Å²) in [4.78, 5) is 0. The summed E-state index contributed by atoms with van der Waals surface area (Å²) >= 11 is 3.54. The van der Waals surface area contributed by atoms with Crippen molar-refractivity contribution < 1.29 is 9.47 Å². The Bertz CT molecular complexity index is 376. The van der Waals surface area contributed by atoms with Gasteiger partial charge in [-0.05, 0) is 37.7 Å². The molecule has 1 aliphatic rings. The Labute approximate surface area is 131 Å². The van der Waals surface area contributed by atoms with Gasteiger partial charge >= 0.3 is 0 Å². The number of rotatable bonds is 7. The van der Waals surface area contributed by atoms with Gasteiger partial charge in [0.2, 0.25) is 0 Å². The molecular formula is C17H25BrO2. The van der Waals surface area contributed by atoms with Crippen LogP contribution in [0.4, 0.5) is 0 Å². The van der Waals surface area contributed by atoms with E-state index in [4.69, 9.17) is 9.47 Å². The predicted octanol–water partition coefficient (Wildman–Crippen LogP) is 4.66. The normalized spacial score (nSPS) is 22.4. The second-order valence-corrected chi connectivity index (χ2v) is 6.62. The van der Waals surface area contributed by atoms with Crippen LogP contribution in [0.1, 0.15) is 44.6 Å². The molecule has 1 fully saturated rings. The topological polar surface area (TPSA) is 18.5 Å². The Morgan fingerprint density at radius 1 is 1.30 bits per heavy atom. The maximum Gasteiger partial charge on any atom is 0.157 e. The van der Waals surface area contributed by atoms with Crippen LogP contribution in [0, 0.1) is 0 Å². The van der Waals surface area contributed by atoms with Crippen LogP contribution in [0.3, 0.4) is 0 Å². The summed E-state index contributed by atoms with van der Waals surface area (Å²) in [6, 6.07) is 10.7. The summed E-state index contributed by atoms with van der Waals surface area (Å²) in [5.41, 5.74) is 1.42. The molecule has 0 aromatic heterocycles. The third kappa shape index (κ3) is 4.57. The van der Waals surface area contributed by atoms with Gasteiger partial charge in [-0.25, -0.2) is 0 Å². The van der Waals surface area contributed by atoms with Crippen LogP contribution < -0.4 is 0 Å². The van der Waals surface area contributed by atoms with Gasteiger partial charge in [0.05, 0.1) is 6.61 Å². The molecule has 0 amide bonds. The van der Waals surface area contributed by atoms with Gasteiger partial charge in [-0.2, -0.15) is 0 Å². The molecule has 1 aliphatic heterocycles. The Morgan fingerprint density at radius 3 is 2.75 bits per heavy atom. The summed E-state index contributed by atoms with van der Waals surface area (Å²) in [7, 11) is 0. The fraction of sp³-hybridized carbons (Fsp3) is 0.647. The summed E-state index contributed by atoms with van der Waals surface area (Å²) in [5.74, 6) is 0. The fourth-order valence-corrected chi connectivity index (χ4v) is 3.00. The molecule has 2 unspecified atom stereocenters. The van der Waals surface area contributed by atoms with Gasteiger partial charge in [0.25, 0.3) is 0 Å². The van der Waals surface area contributed by atoms with Crippen molar-refractivity contribution in [2.24, 2.45) is 0 Å². The molecule has 2 atom stereocenters. The highest BCUT2D eigenvalue weighted by molar-refractivity contribution is 9.09.